The van der Waals surface area contributed by atoms with Gasteiger partial charge in [-0.15, -0.1) is 12.4 Å². The zero-order valence-corrected chi connectivity index (χ0v) is 14.3. The number of carbonyl (C=O) groups excluding carboxylic acids is 1. The number of halogens is 1. The summed E-state index contributed by atoms with van der Waals surface area (Å²) < 4.78 is 5.18. The quantitative estimate of drug-likeness (QED) is 0.791. The number of hydrogen-bond acceptors (Lipinski definition) is 3. The number of hydrogen-bond donors (Lipinski definition) is 0. The maximum atomic E-state index is 12.0. The summed E-state index contributed by atoms with van der Waals surface area (Å²) in [6.45, 7) is 5.10. The van der Waals surface area contributed by atoms with Gasteiger partial charge in [0.1, 0.15) is 0 Å². The second kappa shape index (κ2) is 8.32. The number of nitrogens with zero attached hydrogens (tertiary/aromatic N) is 1. The Kier molecular flexibility index (Phi) is 6.43. The molecule has 0 N–H and O–H groups in total. The van der Waals surface area contributed by atoms with E-state index in [2.05, 4.69) is 47.4 Å². The Morgan fingerprint density at radius 3 is 2.83 bits per heavy atom. The van der Waals surface area contributed by atoms with E-state index in [-0.39, 0.29) is 24.3 Å². The van der Waals surface area contributed by atoms with Gasteiger partial charge in [0.25, 0.3) is 0 Å². The molecule has 2 aromatic rings. The van der Waals surface area contributed by atoms with Crippen LogP contribution < -0.4 is 0 Å². The van der Waals surface area contributed by atoms with Crippen molar-refractivity contribution in [3.05, 3.63) is 48.0 Å². The zero-order chi connectivity index (χ0) is 15.4. The van der Waals surface area contributed by atoms with Crippen LogP contribution in [-0.2, 0) is 16.1 Å². The summed E-state index contributed by atoms with van der Waals surface area (Å²) in [5, 5.41) is 2.59. The molecule has 0 amide bonds. The summed E-state index contributed by atoms with van der Waals surface area (Å²) in [5.74, 6) is -0.00574. The molecule has 1 atom stereocenters. The Bertz CT molecular complexity index is 653. The highest BCUT2D eigenvalue weighted by Crippen LogP contribution is 2.23. The number of fused-ring (bicyclic) bond motifs is 1. The van der Waals surface area contributed by atoms with E-state index in [4.69, 9.17) is 4.74 Å². The van der Waals surface area contributed by atoms with Crippen molar-refractivity contribution in [2.75, 3.05) is 19.7 Å². The predicted octanol–water partition coefficient (Wildman–Crippen LogP) is 4.04. The molecule has 2 aromatic carbocycles. The molecular formula is C19H24ClNO2. The fourth-order valence-electron chi connectivity index (χ4n) is 3.32. The molecular weight excluding hydrogens is 310 g/mol. The van der Waals surface area contributed by atoms with Crippen molar-refractivity contribution in [2.45, 2.75) is 26.3 Å². The van der Waals surface area contributed by atoms with Gasteiger partial charge in [0.2, 0.25) is 0 Å². The summed E-state index contributed by atoms with van der Waals surface area (Å²) in [6.07, 6.45) is 2.01. The number of esters is 1. The first kappa shape index (κ1) is 17.8. The van der Waals surface area contributed by atoms with Crippen LogP contribution in [0.5, 0.6) is 0 Å². The third-order valence-electron chi connectivity index (χ3n) is 4.40. The van der Waals surface area contributed by atoms with Gasteiger partial charge in [-0.05, 0) is 42.6 Å². The third kappa shape index (κ3) is 4.24. The molecule has 0 bridgehead atoms. The van der Waals surface area contributed by atoms with Crippen LogP contribution in [0.25, 0.3) is 10.8 Å². The standard InChI is InChI=1S/C19H23NO2.ClH/c1-2-22-19(21)17-10-6-12-20(14-17)13-16-9-5-8-15-7-3-4-11-18(15)16;/h3-5,7-9,11,17H,2,6,10,12-14H2,1H3;1H. The lowest BCUT2D eigenvalue weighted by Gasteiger charge is -2.31. The lowest BCUT2D eigenvalue weighted by atomic mass is 9.97. The van der Waals surface area contributed by atoms with E-state index >= 15 is 0 Å². The number of carbonyl (C=O) groups is 1. The number of likely N-dealkylation sites (tertiary alicyclic amines) is 1. The van der Waals surface area contributed by atoms with Crippen LogP contribution in [0, 0.1) is 5.92 Å². The van der Waals surface area contributed by atoms with Gasteiger partial charge in [-0.1, -0.05) is 42.5 Å². The number of ether oxygens (including phenoxy) is 1. The first-order valence-corrected chi connectivity index (χ1v) is 8.13. The Morgan fingerprint density at radius 2 is 2.00 bits per heavy atom. The average molecular weight is 334 g/mol. The number of piperidine rings is 1. The molecule has 0 radical (unpaired) electrons. The van der Waals surface area contributed by atoms with Crippen molar-refractivity contribution in [2.24, 2.45) is 5.92 Å². The molecule has 1 unspecified atom stereocenters. The van der Waals surface area contributed by atoms with E-state index in [0.29, 0.717) is 6.61 Å². The van der Waals surface area contributed by atoms with Crippen LogP contribution in [0.15, 0.2) is 42.5 Å². The molecule has 1 saturated heterocycles. The van der Waals surface area contributed by atoms with Gasteiger partial charge in [0.15, 0.2) is 0 Å². The molecule has 1 heterocycles. The molecule has 23 heavy (non-hydrogen) atoms. The fourth-order valence-corrected chi connectivity index (χ4v) is 3.32. The maximum Gasteiger partial charge on any atom is 0.310 e. The first-order chi connectivity index (χ1) is 10.8. The average Bonchev–Trinajstić information content (AvgIpc) is 2.56. The van der Waals surface area contributed by atoms with Crippen molar-refractivity contribution >= 4 is 29.1 Å². The molecule has 1 aliphatic rings. The summed E-state index contributed by atoms with van der Waals surface area (Å²) >= 11 is 0. The monoisotopic (exact) mass is 333 g/mol. The van der Waals surface area contributed by atoms with Crippen LogP contribution in [-0.4, -0.2) is 30.6 Å². The molecule has 3 nitrogen and oxygen atoms in total. The highest BCUT2D eigenvalue weighted by Gasteiger charge is 2.26. The van der Waals surface area contributed by atoms with Gasteiger partial charge in [-0.2, -0.15) is 0 Å². The highest BCUT2D eigenvalue weighted by atomic mass is 35.5. The van der Waals surface area contributed by atoms with Gasteiger partial charge < -0.3 is 4.74 Å². The first-order valence-electron chi connectivity index (χ1n) is 8.13. The maximum absolute atomic E-state index is 12.0. The predicted molar refractivity (Wildman–Crippen MR) is 95.8 cm³/mol. The van der Waals surface area contributed by atoms with E-state index in [1.54, 1.807) is 0 Å². The molecule has 0 saturated carbocycles. The fraction of sp³-hybridized carbons (Fsp3) is 0.421. The Balaban J connectivity index is 0.00000192. The number of rotatable bonds is 4. The van der Waals surface area contributed by atoms with Gasteiger partial charge in [-0.25, -0.2) is 0 Å². The Morgan fingerprint density at radius 1 is 1.22 bits per heavy atom. The lowest BCUT2D eigenvalue weighted by Crippen LogP contribution is -2.38. The summed E-state index contributed by atoms with van der Waals surface area (Å²) in [5.41, 5.74) is 1.34. The van der Waals surface area contributed by atoms with E-state index in [0.717, 1.165) is 32.5 Å². The molecule has 0 spiro atoms. The second-order valence-corrected chi connectivity index (χ2v) is 5.96. The largest absolute Gasteiger partial charge is 0.466 e. The minimum Gasteiger partial charge on any atom is -0.466 e. The lowest BCUT2D eigenvalue weighted by molar-refractivity contribution is -0.150. The van der Waals surface area contributed by atoms with E-state index in [9.17, 15) is 4.79 Å². The highest BCUT2D eigenvalue weighted by molar-refractivity contribution is 5.86. The zero-order valence-electron chi connectivity index (χ0n) is 13.5. The third-order valence-corrected chi connectivity index (χ3v) is 4.40. The topological polar surface area (TPSA) is 29.5 Å². The van der Waals surface area contributed by atoms with Crippen LogP contribution in [0.3, 0.4) is 0 Å². The van der Waals surface area contributed by atoms with Crippen LogP contribution in [0.2, 0.25) is 0 Å². The second-order valence-electron chi connectivity index (χ2n) is 5.96. The van der Waals surface area contributed by atoms with Crippen LogP contribution in [0.4, 0.5) is 0 Å². The molecule has 124 valence electrons. The Labute approximate surface area is 144 Å². The molecule has 1 fully saturated rings. The van der Waals surface area contributed by atoms with Crippen LogP contribution >= 0.6 is 12.4 Å². The van der Waals surface area contributed by atoms with Gasteiger partial charge in [0.05, 0.1) is 12.5 Å². The van der Waals surface area contributed by atoms with Crippen molar-refractivity contribution in [1.29, 1.82) is 0 Å². The van der Waals surface area contributed by atoms with E-state index in [1.807, 2.05) is 6.92 Å². The van der Waals surface area contributed by atoms with Crippen molar-refractivity contribution < 1.29 is 9.53 Å². The summed E-state index contributed by atoms with van der Waals surface area (Å²) in [7, 11) is 0. The minimum absolute atomic E-state index is 0. The molecule has 3 rings (SSSR count). The van der Waals surface area contributed by atoms with Crippen molar-refractivity contribution in [1.82, 2.24) is 4.90 Å². The summed E-state index contributed by atoms with van der Waals surface area (Å²) in [6, 6.07) is 14.9. The molecule has 0 aromatic heterocycles. The van der Waals surface area contributed by atoms with E-state index in [1.165, 1.54) is 16.3 Å². The number of benzene rings is 2. The molecule has 4 heteroatoms. The summed E-state index contributed by atoms with van der Waals surface area (Å²) in [4.78, 5) is 14.3. The van der Waals surface area contributed by atoms with Gasteiger partial charge in [-0.3, -0.25) is 9.69 Å². The Hall–Kier alpha value is -1.58. The van der Waals surface area contributed by atoms with Crippen LogP contribution in [0.1, 0.15) is 25.3 Å². The molecule has 1 aliphatic heterocycles. The SMILES string of the molecule is CCOC(=O)C1CCCN(Cc2cccc3ccccc23)C1.Cl. The van der Waals surface area contributed by atoms with Gasteiger partial charge >= 0.3 is 5.97 Å². The van der Waals surface area contributed by atoms with Crippen molar-refractivity contribution in [3.63, 3.8) is 0 Å². The normalized spacial score (nSPS) is 18.4. The molecule has 0 aliphatic carbocycles. The van der Waals surface area contributed by atoms with Gasteiger partial charge in [0, 0.05) is 13.1 Å². The van der Waals surface area contributed by atoms with Crippen molar-refractivity contribution in [3.8, 4) is 0 Å². The van der Waals surface area contributed by atoms with E-state index < -0.39 is 0 Å². The smallest absolute Gasteiger partial charge is 0.310 e. The minimum atomic E-state index is -0.0369.